The molecule has 34 heavy (non-hydrogen) atoms. The number of thioether (sulfide) groups is 1. The largest absolute Gasteiger partial charge is 0.497 e. The van der Waals surface area contributed by atoms with Crippen molar-refractivity contribution in [3.63, 3.8) is 0 Å². The summed E-state index contributed by atoms with van der Waals surface area (Å²) in [6, 6.07) is 11.3. The number of carbonyl (C=O) groups excluding carboxylic acids is 1. The van der Waals surface area contributed by atoms with Crippen molar-refractivity contribution in [3.8, 4) is 17.2 Å². The summed E-state index contributed by atoms with van der Waals surface area (Å²) in [6.07, 6.45) is -0.309. The van der Waals surface area contributed by atoms with Crippen molar-refractivity contribution in [2.75, 3.05) is 20.0 Å². The smallest absolute Gasteiger partial charge is 0.191 e. The first-order valence-corrected chi connectivity index (χ1v) is 12.3. The van der Waals surface area contributed by atoms with Gasteiger partial charge < -0.3 is 18.8 Å². The van der Waals surface area contributed by atoms with Crippen molar-refractivity contribution < 1.29 is 19.0 Å². The van der Waals surface area contributed by atoms with E-state index in [1.165, 1.54) is 11.8 Å². The lowest BCUT2D eigenvalue weighted by Gasteiger charge is -2.18. The van der Waals surface area contributed by atoms with Gasteiger partial charge in [0.15, 0.2) is 22.9 Å². The van der Waals surface area contributed by atoms with Crippen LogP contribution in [0.4, 0.5) is 0 Å². The predicted molar refractivity (Wildman–Crippen MR) is 134 cm³/mol. The molecule has 2 aromatic carbocycles. The first-order chi connectivity index (χ1) is 16.2. The van der Waals surface area contributed by atoms with Crippen LogP contribution in [-0.4, -0.2) is 40.5 Å². The van der Waals surface area contributed by atoms with E-state index in [1.807, 2.05) is 57.2 Å². The van der Waals surface area contributed by atoms with Crippen molar-refractivity contribution >= 4 is 17.5 Å². The van der Waals surface area contributed by atoms with Crippen molar-refractivity contribution in [3.05, 3.63) is 58.9 Å². The lowest BCUT2D eigenvalue weighted by molar-refractivity contribution is 0.102. The van der Waals surface area contributed by atoms with E-state index in [-0.39, 0.29) is 17.6 Å². The Morgan fingerprint density at radius 2 is 1.65 bits per heavy atom. The van der Waals surface area contributed by atoms with Gasteiger partial charge in [0, 0.05) is 12.1 Å². The van der Waals surface area contributed by atoms with Crippen molar-refractivity contribution in [2.24, 2.45) is 5.92 Å². The van der Waals surface area contributed by atoms with Gasteiger partial charge in [0.2, 0.25) is 0 Å². The molecule has 1 unspecified atom stereocenters. The number of rotatable bonds is 11. The fourth-order valence-corrected chi connectivity index (χ4v) is 4.51. The van der Waals surface area contributed by atoms with Crippen molar-refractivity contribution in [1.82, 2.24) is 14.8 Å². The standard InChI is InChI=1S/C26H33N3O4S/c1-16(2)14-29-25(19(5)33-21-10-8-20(31-6)9-11-21)27-28-26(29)34-15-23(30)22-12-18(4)24(32-7)13-17(22)3/h8-13,16,19H,14-15H2,1-7H3. The fourth-order valence-electron chi connectivity index (χ4n) is 3.67. The molecule has 1 atom stereocenters. The summed E-state index contributed by atoms with van der Waals surface area (Å²) >= 11 is 1.40. The molecule has 3 aromatic rings. The third kappa shape index (κ3) is 6.11. The Labute approximate surface area is 205 Å². The summed E-state index contributed by atoms with van der Waals surface area (Å²) in [7, 11) is 3.27. The molecule has 8 heteroatoms. The summed E-state index contributed by atoms with van der Waals surface area (Å²) in [4.78, 5) is 13.0. The van der Waals surface area contributed by atoms with E-state index < -0.39 is 0 Å². The van der Waals surface area contributed by atoms with Gasteiger partial charge in [-0.15, -0.1) is 10.2 Å². The molecule has 0 saturated carbocycles. The van der Waals surface area contributed by atoms with E-state index in [0.29, 0.717) is 16.6 Å². The predicted octanol–water partition coefficient (Wildman–Crippen LogP) is 5.68. The third-order valence-corrected chi connectivity index (χ3v) is 6.37. The molecule has 0 N–H and O–H groups in total. The Morgan fingerprint density at radius 3 is 2.26 bits per heavy atom. The Morgan fingerprint density at radius 1 is 0.971 bits per heavy atom. The molecule has 1 heterocycles. The van der Waals surface area contributed by atoms with Gasteiger partial charge in [0.1, 0.15) is 17.2 Å². The molecule has 0 spiro atoms. The summed E-state index contributed by atoms with van der Waals surface area (Å²) < 4.78 is 18.7. The van der Waals surface area contributed by atoms with Gasteiger partial charge in [-0.05, 0) is 74.2 Å². The molecule has 0 bridgehead atoms. The summed E-state index contributed by atoms with van der Waals surface area (Å²) in [6.45, 7) is 10.8. The highest BCUT2D eigenvalue weighted by Crippen LogP contribution is 2.28. The lowest BCUT2D eigenvalue weighted by Crippen LogP contribution is -2.15. The van der Waals surface area contributed by atoms with Gasteiger partial charge in [0.25, 0.3) is 0 Å². The minimum atomic E-state index is -0.309. The van der Waals surface area contributed by atoms with Crippen LogP contribution in [-0.2, 0) is 6.54 Å². The number of hydrogen-bond donors (Lipinski definition) is 0. The molecular formula is C26H33N3O4S. The Balaban J connectivity index is 1.77. The quantitative estimate of drug-likeness (QED) is 0.256. The highest BCUT2D eigenvalue weighted by molar-refractivity contribution is 7.99. The first-order valence-electron chi connectivity index (χ1n) is 11.3. The highest BCUT2D eigenvalue weighted by atomic mass is 32.2. The summed E-state index contributed by atoms with van der Waals surface area (Å²) in [5.74, 6) is 3.72. The van der Waals surface area contributed by atoms with Crippen LogP contribution in [0.25, 0.3) is 0 Å². The maximum absolute atomic E-state index is 13.0. The zero-order valence-corrected chi connectivity index (χ0v) is 21.7. The monoisotopic (exact) mass is 483 g/mol. The molecule has 0 fully saturated rings. The number of ether oxygens (including phenoxy) is 3. The number of Topliss-reactive ketones (excluding diaryl/α,β-unsaturated/α-hetero) is 1. The molecule has 0 radical (unpaired) electrons. The van der Waals surface area contributed by atoms with Gasteiger partial charge in [0.05, 0.1) is 20.0 Å². The zero-order chi connectivity index (χ0) is 24.8. The van der Waals surface area contributed by atoms with Crippen molar-refractivity contribution in [2.45, 2.75) is 52.4 Å². The van der Waals surface area contributed by atoms with Gasteiger partial charge in [-0.1, -0.05) is 25.6 Å². The third-order valence-electron chi connectivity index (χ3n) is 5.40. The summed E-state index contributed by atoms with van der Waals surface area (Å²) in [5.41, 5.74) is 2.55. The number of carbonyl (C=O) groups is 1. The first kappa shape index (κ1) is 25.6. The molecule has 7 nitrogen and oxygen atoms in total. The molecule has 3 rings (SSSR count). The highest BCUT2D eigenvalue weighted by Gasteiger charge is 2.22. The molecule has 0 aliphatic heterocycles. The molecule has 1 aromatic heterocycles. The Hall–Kier alpha value is -3.00. The molecule has 0 aliphatic rings. The van der Waals surface area contributed by atoms with Gasteiger partial charge in [-0.3, -0.25) is 4.79 Å². The summed E-state index contributed by atoms with van der Waals surface area (Å²) in [5, 5.41) is 9.53. The van der Waals surface area contributed by atoms with Gasteiger partial charge in [-0.2, -0.15) is 0 Å². The lowest BCUT2D eigenvalue weighted by atomic mass is 10.0. The van der Waals surface area contributed by atoms with E-state index in [1.54, 1.807) is 14.2 Å². The average molecular weight is 484 g/mol. The number of nitrogens with zero attached hydrogens (tertiary/aromatic N) is 3. The normalized spacial score (nSPS) is 12.0. The second-order valence-electron chi connectivity index (χ2n) is 8.63. The number of benzene rings is 2. The molecule has 0 saturated heterocycles. The van der Waals surface area contributed by atoms with Crippen LogP contribution in [0.5, 0.6) is 17.2 Å². The van der Waals surface area contributed by atoms with Crippen LogP contribution < -0.4 is 14.2 Å². The maximum atomic E-state index is 13.0. The van der Waals surface area contributed by atoms with Crippen LogP contribution in [0.3, 0.4) is 0 Å². The van der Waals surface area contributed by atoms with Crippen LogP contribution in [0.15, 0.2) is 41.6 Å². The second-order valence-corrected chi connectivity index (χ2v) is 9.57. The fraction of sp³-hybridized carbons (Fsp3) is 0.423. The SMILES string of the molecule is COc1ccc(OC(C)c2nnc(SCC(=O)c3cc(C)c(OC)cc3C)n2CC(C)C)cc1. The topological polar surface area (TPSA) is 75.5 Å². The number of ketones is 1. The van der Waals surface area contributed by atoms with E-state index in [0.717, 1.165) is 40.7 Å². The second kappa shape index (κ2) is 11.4. The molecule has 0 aliphatic carbocycles. The number of aryl methyl sites for hydroxylation is 2. The van der Waals surface area contributed by atoms with Gasteiger partial charge >= 0.3 is 0 Å². The van der Waals surface area contributed by atoms with E-state index in [2.05, 4.69) is 28.6 Å². The van der Waals surface area contributed by atoms with Gasteiger partial charge in [-0.25, -0.2) is 0 Å². The Kier molecular flexibility index (Phi) is 8.61. The van der Waals surface area contributed by atoms with Crippen LogP contribution in [0.1, 0.15) is 54.2 Å². The molecule has 182 valence electrons. The molecular weight excluding hydrogens is 450 g/mol. The Bertz CT molecular complexity index is 1130. The zero-order valence-electron chi connectivity index (χ0n) is 20.9. The van der Waals surface area contributed by atoms with Crippen LogP contribution >= 0.6 is 11.8 Å². The minimum absolute atomic E-state index is 0.0523. The number of methoxy groups -OCH3 is 2. The molecule has 0 amide bonds. The number of hydrogen-bond acceptors (Lipinski definition) is 7. The van der Waals surface area contributed by atoms with Crippen LogP contribution in [0.2, 0.25) is 0 Å². The number of aromatic nitrogens is 3. The van der Waals surface area contributed by atoms with E-state index in [4.69, 9.17) is 14.2 Å². The van der Waals surface area contributed by atoms with Crippen LogP contribution in [0, 0.1) is 19.8 Å². The average Bonchev–Trinajstić information content (AvgIpc) is 3.20. The minimum Gasteiger partial charge on any atom is -0.497 e. The maximum Gasteiger partial charge on any atom is 0.191 e. The van der Waals surface area contributed by atoms with E-state index in [9.17, 15) is 4.79 Å². The van der Waals surface area contributed by atoms with Crippen molar-refractivity contribution in [1.29, 1.82) is 0 Å². The van der Waals surface area contributed by atoms with E-state index >= 15 is 0 Å².